The Morgan fingerprint density at radius 2 is 1.38 bits per heavy atom. The summed E-state index contributed by atoms with van der Waals surface area (Å²) in [4.78, 5) is 2.37. The summed E-state index contributed by atoms with van der Waals surface area (Å²) in [5, 5.41) is 13.2. The van der Waals surface area contributed by atoms with Gasteiger partial charge < -0.3 is 14.6 Å². The highest BCUT2D eigenvalue weighted by Gasteiger charge is 2.15. The average molecular weight is 324 g/mol. The monoisotopic (exact) mass is 324 g/mol. The Morgan fingerprint density at radius 3 is 1.88 bits per heavy atom. The lowest BCUT2D eigenvalue weighted by Gasteiger charge is -2.24. The Kier molecular flexibility index (Phi) is 5.54. The van der Waals surface area contributed by atoms with E-state index in [-0.39, 0.29) is 6.10 Å². The molecule has 2 aromatic carbocycles. The zero-order chi connectivity index (χ0) is 16.9. The van der Waals surface area contributed by atoms with Crippen molar-refractivity contribution in [1.29, 1.82) is 0 Å². The van der Waals surface area contributed by atoms with Gasteiger partial charge in [0.1, 0.15) is 0 Å². The van der Waals surface area contributed by atoms with Gasteiger partial charge in [0, 0.05) is 28.4 Å². The first kappa shape index (κ1) is 17.0. The molecule has 0 amide bonds. The first-order chi connectivity index (χ1) is 11.7. The molecule has 128 valence electrons. The van der Waals surface area contributed by atoms with Crippen LogP contribution in [0.5, 0.6) is 0 Å². The maximum atomic E-state index is 10.7. The van der Waals surface area contributed by atoms with Gasteiger partial charge in [-0.3, -0.25) is 0 Å². The molecule has 24 heavy (non-hydrogen) atoms. The molecule has 0 aliphatic rings. The van der Waals surface area contributed by atoms with E-state index < -0.39 is 0 Å². The maximum Gasteiger partial charge on any atom is 0.0845 e. The van der Waals surface area contributed by atoms with Crippen molar-refractivity contribution in [3.8, 4) is 0 Å². The summed E-state index contributed by atoms with van der Waals surface area (Å²) in [6.07, 6.45) is 1.90. The van der Waals surface area contributed by atoms with E-state index in [1.165, 1.54) is 21.8 Å². The van der Waals surface area contributed by atoms with Gasteiger partial charge in [0.2, 0.25) is 0 Å². The van der Waals surface area contributed by atoms with Gasteiger partial charge in [0.05, 0.1) is 12.6 Å². The molecule has 0 saturated carbocycles. The van der Waals surface area contributed by atoms with Gasteiger partial charge in [-0.25, -0.2) is 0 Å². The van der Waals surface area contributed by atoms with Crippen LogP contribution in [-0.4, -0.2) is 40.3 Å². The SMILES string of the molecule is CCCN(CCC)C[C@H](O)Cn1c2ccccc2c2ccccc21. The van der Waals surface area contributed by atoms with Crippen LogP contribution in [0.15, 0.2) is 48.5 Å². The van der Waals surface area contributed by atoms with Crippen LogP contribution in [0, 0.1) is 0 Å². The van der Waals surface area contributed by atoms with Crippen molar-refractivity contribution in [3.63, 3.8) is 0 Å². The summed E-state index contributed by atoms with van der Waals surface area (Å²) < 4.78 is 2.27. The fourth-order valence-electron chi connectivity index (χ4n) is 3.69. The largest absolute Gasteiger partial charge is 0.390 e. The quantitative estimate of drug-likeness (QED) is 0.670. The Balaban J connectivity index is 1.88. The number of nitrogens with zero attached hydrogens (tertiary/aromatic N) is 2. The Morgan fingerprint density at radius 1 is 0.875 bits per heavy atom. The molecular formula is C21H28N2O. The lowest BCUT2D eigenvalue weighted by molar-refractivity contribution is 0.0997. The lowest BCUT2D eigenvalue weighted by Crippen LogP contribution is -2.35. The molecule has 0 saturated heterocycles. The van der Waals surface area contributed by atoms with Crippen LogP contribution in [-0.2, 0) is 6.54 Å². The Labute approximate surface area is 144 Å². The summed E-state index contributed by atoms with van der Waals surface area (Å²) in [5.41, 5.74) is 2.41. The number of aromatic nitrogens is 1. The van der Waals surface area contributed by atoms with E-state index >= 15 is 0 Å². The predicted molar refractivity (Wildman–Crippen MR) is 102 cm³/mol. The number of para-hydroxylation sites is 2. The topological polar surface area (TPSA) is 28.4 Å². The molecule has 1 aromatic heterocycles. The second-order valence-corrected chi connectivity index (χ2v) is 6.60. The van der Waals surface area contributed by atoms with E-state index in [0.717, 1.165) is 32.5 Å². The summed E-state index contributed by atoms with van der Waals surface area (Å²) in [6.45, 7) is 7.88. The van der Waals surface area contributed by atoms with E-state index in [2.05, 4.69) is 71.8 Å². The second-order valence-electron chi connectivity index (χ2n) is 6.60. The van der Waals surface area contributed by atoms with Crippen LogP contribution >= 0.6 is 0 Å². The number of rotatable bonds is 8. The van der Waals surface area contributed by atoms with Crippen LogP contribution in [0.4, 0.5) is 0 Å². The fraction of sp³-hybridized carbons (Fsp3) is 0.429. The minimum Gasteiger partial charge on any atom is -0.390 e. The zero-order valence-electron chi connectivity index (χ0n) is 14.8. The van der Waals surface area contributed by atoms with Gasteiger partial charge in [-0.05, 0) is 38.1 Å². The minimum absolute atomic E-state index is 0.359. The first-order valence-corrected chi connectivity index (χ1v) is 9.11. The van der Waals surface area contributed by atoms with Gasteiger partial charge in [-0.1, -0.05) is 50.2 Å². The molecule has 3 rings (SSSR count). The molecular weight excluding hydrogens is 296 g/mol. The molecule has 1 heterocycles. The number of fused-ring (bicyclic) bond motifs is 3. The average Bonchev–Trinajstić information content (AvgIpc) is 2.90. The third kappa shape index (κ3) is 3.47. The number of benzene rings is 2. The fourth-order valence-corrected chi connectivity index (χ4v) is 3.69. The highest BCUT2D eigenvalue weighted by atomic mass is 16.3. The minimum atomic E-state index is -0.359. The summed E-state index contributed by atoms with van der Waals surface area (Å²) >= 11 is 0. The van der Waals surface area contributed by atoms with Gasteiger partial charge >= 0.3 is 0 Å². The highest BCUT2D eigenvalue weighted by Crippen LogP contribution is 2.28. The molecule has 0 spiro atoms. The van der Waals surface area contributed by atoms with Gasteiger partial charge in [-0.2, -0.15) is 0 Å². The van der Waals surface area contributed by atoms with Crippen molar-refractivity contribution in [1.82, 2.24) is 9.47 Å². The third-order valence-electron chi connectivity index (χ3n) is 4.62. The van der Waals surface area contributed by atoms with Gasteiger partial charge in [0.15, 0.2) is 0 Å². The van der Waals surface area contributed by atoms with Crippen molar-refractivity contribution in [3.05, 3.63) is 48.5 Å². The van der Waals surface area contributed by atoms with Crippen molar-refractivity contribution in [2.24, 2.45) is 0 Å². The smallest absolute Gasteiger partial charge is 0.0845 e. The van der Waals surface area contributed by atoms with Crippen molar-refractivity contribution in [2.45, 2.75) is 39.3 Å². The molecule has 0 unspecified atom stereocenters. The summed E-state index contributed by atoms with van der Waals surface area (Å²) in [5.74, 6) is 0. The molecule has 3 nitrogen and oxygen atoms in total. The molecule has 3 aromatic rings. The van der Waals surface area contributed by atoms with Gasteiger partial charge in [-0.15, -0.1) is 0 Å². The highest BCUT2D eigenvalue weighted by molar-refractivity contribution is 6.07. The normalized spacial score (nSPS) is 13.2. The maximum absolute atomic E-state index is 10.7. The zero-order valence-corrected chi connectivity index (χ0v) is 14.8. The second kappa shape index (κ2) is 7.82. The molecule has 0 radical (unpaired) electrons. The van der Waals surface area contributed by atoms with E-state index in [4.69, 9.17) is 0 Å². The molecule has 1 N–H and O–H groups in total. The number of aliphatic hydroxyl groups is 1. The molecule has 0 aliphatic heterocycles. The van der Waals surface area contributed by atoms with Crippen molar-refractivity contribution in [2.75, 3.05) is 19.6 Å². The van der Waals surface area contributed by atoms with Crippen LogP contribution in [0.25, 0.3) is 21.8 Å². The number of aliphatic hydroxyl groups excluding tert-OH is 1. The molecule has 3 heteroatoms. The number of hydrogen-bond donors (Lipinski definition) is 1. The standard InChI is InChI=1S/C21H28N2O/c1-3-13-22(14-4-2)15-17(24)16-23-20-11-7-5-9-18(20)19-10-6-8-12-21(19)23/h5-12,17,24H,3-4,13-16H2,1-2H3/t17-/m0/s1. The molecule has 1 atom stereocenters. The van der Waals surface area contributed by atoms with Crippen LogP contribution < -0.4 is 0 Å². The summed E-state index contributed by atoms with van der Waals surface area (Å²) in [6, 6.07) is 17.0. The molecule has 0 fully saturated rings. The predicted octanol–water partition coefficient (Wildman–Crippen LogP) is 4.28. The Bertz CT molecular complexity index is 733. The van der Waals surface area contributed by atoms with Crippen molar-refractivity contribution >= 4 is 21.8 Å². The van der Waals surface area contributed by atoms with Crippen LogP contribution in [0.3, 0.4) is 0 Å². The van der Waals surface area contributed by atoms with Crippen molar-refractivity contribution < 1.29 is 5.11 Å². The molecule has 0 aliphatic carbocycles. The van der Waals surface area contributed by atoms with E-state index in [9.17, 15) is 5.11 Å². The van der Waals surface area contributed by atoms with E-state index in [1.807, 2.05) is 0 Å². The third-order valence-corrected chi connectivity index (χ3v) is 4.62. The van der Waals surface area contributed by atoms with Gasteiger partial charge in [0.25, 0.3) is 0 Å². The van der Waals surface area contributed by atoms with Crippen LogP contribution in [0.1, 0.15) is 26.7 Å². The first-order valence-electron chi connectivity index (χ1n) is 9.11. The summed E-state index contributed by atoms with van der Waals surface area (Å²) in [7, 11) is 0. The van der Waals surface area contributed by atoms with Crippen LogP contribution in [0.2, 0.25) is 0 Å². The van der Waals surface area contributed by atoms with E-state index in [0.29, 0.717) is 6.54 Å². The van der Waals surface area contributed by atoms with E-state index in [1.54, 1.807) is 0 Å². The number of hydrogen-bond acceptors (Lipinski definition) is 2. The molecule has 0 bridgehead atoms. The Hall–Kier alpha value is -1.84. The lowest BCUT2D eigenvalue weighted by atomic mass is 10.2.